The Morgan fingerprint density at radius 3 is 2.62 bits per heavy atom. The minimum Gasteiger partial charge on any atom is -0.333 e. The highest BCUT2D eigenvalue weighted by molar-refractivity contribution is 8.00. The lowest BCUT2D eigenvalue weighted by Crippen LogP contribution is -2.23. The summed E-state index contributed by atoms with van der Waals surface area (Å²) in [6, 6.07) is 12.1. The topological polar surface area (TPSA) is 57.8 Å². The summed E-state index contributed by atoms with van der Waals surface area (Å²) in [7, 11) is 0. The number of benzene rings is 2. The predicted molar refractivity (Wildman–Crippen MR) is 101 cm³/mol. The van der Waals surface area contributed by atoms with Crippen LogP contribution in [-0.2, 0) is 4.79 Å². The van der Waals surface area contributed by atoms with Crippen molar-refractivity contribution in [1.29, 1.82) is 0 Å². The molecule has 5 heteroatoms. The van der Waals surface area contributed by atoms with Crippen LogP contribution >= 0.6 is 11.8 Å². The van der Waals surface area contributed by atoms with Crippen LogP contribution in [0.1, 0.15) is 23.6 Å². The average molecular weight is 339 g/mol. The molecule has 0 radical (unpaired) electrons. The van der Waals surface area contributed by atoms with Crippen LogP contribution in [0.25, 0.3) is 11.0 Å². The van der Waals surface area contributed by atoms with Crippen molar-refractivity contribution in [3.05, 3.63) is 53.1 Å². The van der Waals surface area contributed by atoms with E-state index in [1.807, 2.05) is 58.0 Å². The van der Waals surface area contributed by atoms with E-state index in [2.05, 4.69) is 21.4 Å². The summed E-state index contributed by atoms with van der Waals surface area (Å²) in [6.45, 7) is 7.95. The van der Waals surface area contributed by atoms with E-state index < -0.39 is 0 Å². The third-order valence-corrected chi connectivity index (χ3v) is 4.91. The number of aryl methyl sites for hydroxylation is 3. The van der Waals surface area contributed by atoms with Crippen molar-refractivity contribution in [3.8, 4) is 0 Å². The molecule has 1 unspecified atom stereocenters. The number of nitrogens with zero attached hydrogens (tertiary/aromatic N) is 1. The van der Waals surface area contributed by atoms with Gasteiger partial charge >= 0.3 is 0 Å². The monoisotopic (exact) mass is 339 g/mol. The van der Waals surface area contributed by atoms with Crippen LogP contribution in [0.2, 0.25) is 0 Å². The number of carbonyl (C=O) groups excluding carboxylic acids is 1. The second-order valence-electron chi connectivity index (χ2n) is 6.13. The zero-order valence-electron chi connectivity index (χ0n) is 14.3. The highest BCUT2D eigenvalue weighted by atomic mass is 32.2. The zero-order valence-corrected chi connectivity index (χ0v) is 15.1. The van der Waals surface area contributed by atoms with Crippen LogP contribution in [0.3, 0.4) is 0 Å². The Kier molecular flexibility index (Phi) is 4.62. The molecule has 0 aliphatic rings. The third kappa shape index (κ3) is 3.62. The van der Waals surface area contributed by atoms with E-state index in [0.717, 1.165) is 33.0 Å². The van der Waals surface area contributed by atoms with Crippen LogP contribution < -0.4 is 5.32 Å². The molecule has 0 aliphatic heterocycles. The van der Waals surface area contributed by atoms with E-state index in [4.69, 9.17) is 0 Å². The van der Waals surface area contributed by atoms with E-state index in [0.29, 0.717) is 0 Å². The van der Waals surface area contributed by atoms with Gasteiger partial charge in [-0.15, -0.1) is 0 Å². The number of rotatable bonds is 4. The smallest absolute Gasteiger partial charge is 0.237 e. The Morgan fingerprint density at radius 2 is 1.83 bits per heavy atom. The van der Waals surface area contributed by atoms with Crippen molar-refractivity contribution in [2.24, 2.45) is 0 Å². The fourth-order valence-corrected chi connectivity index (χ4v) is 3.30. The first-order chi connectivity index (χ1) is 11.4. The third-order valence-electron chi connectivity index (χ3n) is 3.92. The molecule has 2 aromatic carbocycles. The second-order valence-corrected chi connectivity index (χ2v) is 7.46. The molecule has 0 bridgehead atoms. The summed E-state index contributed by atoms with van der Waals surface area (Å²) in [6.07, 6.45) is 0. The minimum absolute atomic E-state index is 0.0228. The maximum Gasteiger partial charge on any atom is 0.237 e. The number of imidazole rings is 1. The van der Waals surface area contributed by atoms with Crippen LogP contribution in [-0.4, -0.2) is 21.1 Å². The predicted octanol–water partition coefficient (Wildman–Crippen LogP) is 4.61. The number of carbonyl (C=O) groups is 1. The highest BCUT2D eigenvalue weighted by Gasteiger charge is 2.17. The lowest BCUT2D eigenvalue weighted by atomic mass is 10.1. The molecule has 1 amide bonds. The Bertz CT molecular complexity index is 901. The van der Waals surface area contributed by atoms with Crippen molar-refractivity contribution in [1.82, 2.24) is 9.97 Å². The molecule has 4 nitrogen and oxygen atoms in total. The number of hydrogen-bond acceptors (Lipinski definition) is 3. The van der Waals surface area contributed by atoms with Gasteiger partial charge in [0.05, 0.1) is 16.3 Å². The molecule has 3 rings (SSSR count). The number of fused-ring (bicyclic) bond motifs is 1. The van der Waals surface area contributed by atoms with Crippen molar-refractivity contribution < 1.29 is 4.79 Å². The van der Waals surface area contributed by atoms with Gasteiger partial charge in [0.25, 0.3) is 0 Å². The minimum atomic E-state index is -0.244. The summed E-state index contributed by atoms with van der Waals surface area (Å²) < 4.78 is 0. The zero-order chi connectivity index (χ0) is 17.3. The van der Waals surface area contributed by atoms with Crippen molar-refractivity contribution in [3.63, 3.8) is 0 Å². The molecule has 0 spiro atoms. The summed E-state index contributed by atoms with van der Waals surface area (Å²) in [5.74, 6) is -0.0228. The summed E-state index contributed by atoms with van der Waals surface area (Å²) in [5, 5.41) is 3.53. The van der Waals surface area contributed by atoms with Gasteiger partial charge in [-0.1, -0.05) is 30.0 Å². The summed E-state index contributed by atoms with van der Waals surface area (Å²) >= 11 is 1.43. The molecule has 0 saturated heterocycles. The van der Waals surface area contributed by atoms with E-state index >= 15 is 0 Å². The first-order valence-corrected chi connectivity index (χ1v) is 8.81. The fourth-order valence-electron chi connectivity index (χ4n) is 2.48. The first kappa shape index (κ1) is 16.6. The van der Waals surface area contributed by atoms with Gasteiger partial charge in [-0.3, -0.25) is 4.79 Å². The molecule has 1 heterocycles. The lowest BCUT2D eigenvalue weighted by molar-refractivity contribution is -0.115. The molecule has 0 saturated carbocycles. The molecular formula is C19H21N3OS. The molecule has 1 atom stereocenters. The van der Waals surface area contributed by atoms with E-state index in [1.54, 1.807) is 0 Å². The fraction of sp³-hybridized carbons (Fsp3) is 0.263. The van der Waals surface area contributed by atoms with Gasteiger partial charge < -0.3 is 10.3 Å². The molecule has 2 N–H and O–H groups in total. The van der Waals surface area contributed by atoms with Gasteiger partial charge in [-0.25, -0.2) is 4.98 Å². The van der Waals surface area contributed by atoms with Crippen molar-refractivity contribution in [2.45, 2.75) is 38.1 Å². The molecule has 0 aliphatic carbocycles. The largest absolute Gasteiger partial charge is 0.333 e. The van der Waals surface area contributed by atoms with Crippen LogP contribution in [0.4, 0.5) is 5.69 Å². The normalized spacial score (nSPS) is 12.3. The molecule has 0 fully saturated rings. The van der Waals surface area contributed by atoms with Crippen LogP contribution in [0, 0.1) is 20.8 Å². The Labute approximate surface area is 146 Å². The Balaban J connectivity index is 1.72. The average Bonchev–Trinajstić information content (AvgIpc) is 2.92. The maximum absolute atomic E-state index is 12.5. The Hall–Kier alpha value is -2.27. The molecule has 3 aromatic rings. The number of thioether (sulfide) groups is 1. The van der Waals surface area contributed by atoms with Gasteiger partial charge in [-0.2, -0.15) is 0 Å². The van der Waals surface area contributed by atoms with Crippen molar-refractivity contribution >= 4 is 34.4 Å². The van der Waals surface area contributed by atoms with Gasteiger partial charge in [0.15, 0.2) is 5.16 Å². The van der Waals surface area contributed by atoms with Gasteiger partial charge in [0, 0.05) is 5.69 Å². The number of nitrogens with one attached hydrogen (secondary N) is 2. The SMILES string of the molecule is Cc1ccc(C)c(NC(=O)C(C)Sc2nc3ccc(C)cc3[nH]2)c1. The molecule has 1 aromatic heterocycles. The Morgan fingerprint density at radius 1 is 1.12 bits per heavy atom. The first-order valence-electron chi connectivity index (χ1n) is 7.93. The molecular weight excluding hydrogens is 318 g/mol. The quantitative estimate of drug-likeness (QED) is 0.683. The summed E-state index contributed by atoms with van der Waals surface area (Å²) in [5.41, 5.74) is 6.16. The number of aromatic amines is 1. The van der Waals surface area contributed by atoms with Gasteiger partial charge in [-0.05, 0) is 62.6 Å². The number of hydrogen-bond donors (Lipinski definition) is 2. The molecule has 24 heavy (non-hydrogen) atoms. The van der Waals surface area contributed by atoms with Gasteiger partial charge in [0.2, 0.25) is 5.91 Å². The number of amides is 1. The standard InChI is InChI=1S/C19H21N3OS/c1-11-5-7-13(3)16(9-11)20-18(23)14(4)24-19-21-15-8-6-12(2)10-17(15)22-19/h5-10,14H,1-4H3,(H,20,23)(H,21,22). The van der Waals surface area contributed by atoms with E-state index in [9.17, 15) is 4.79 Å². The van der Waals surface area contributed by atoms with Gasteiger partial charge in [0.1, 0.15) is 0 Å². The number of anilines is 1. The maximum atomic E-state index is 12.5. The highest BCUT2D eigenvalue weighted by Crippen LogP contribution is 2.25. The van der Waals surface area contributed by atoms with Crippen LogP contribution in [0.5, 0.6) is 0 Å². The van der Waals surface area contributed by atoms with E-state index in [1.165, 1.54) is 17.3 Å². The number of aromatic nitrogens is 2. The summed E-state index contributed by atoms with van der Waals surface area (Å²) in [4.78, 5) is 20.3. The van der Waals surface area contributed by atoms with E-state index in [-0.39, 0.29) is 11.2 Å². The van der Waals surface area contributed by atoms with Crippen LogP contribution in [0.15, 0.2) is 41.6 Å². The molecule has 124 valence electrons. The lowest BCUT2D eigenvalue weighted by Gasteiger charge is -2.13. The second kappa shape index (κ2) is 6.69. The van der Waals surface area contributed by atoms with Crippen molar-refractivity contribution in [2.75, 3.05) is 5.32 Å². The number of H-pyrrole nitrogens is 1.